The van der Waals surface area contributed by atoms with Crippen molar-refractivity contribution in [1.29, 1.82) is 0 Å². The number of hydrogen-bond donors (Lipinski definition) is 2. The molecule has 0 aliphatic heterocycles. The fourth-order valence-electron chi connectivity index (χ4n) is 3.11. The van der Waals surface area contributed by atoms with Gasteiger partial charge in [-0.2, -0.15) is 0 Å². The largest absolute Gasteiger partial charge is 0.467 e. The lowest BCUT2D eigenvalue weighted by atomic mass is 10.0. The molecule has 0 aliphatic carbocycles. The van der Waals surface area contributed by atoms with E-state index < -0.39 is 6.04 Å². The normalized spacial score (nSPS) is 11.9. The minimum Gasteiger partial charge on any atom is -0.467 e. The molecule has 1 heterocycles. The Labute approximate surface area is 175 Å². The van der Waals surface area contributed by atoms with Crippen LogP contribution in [0, 0.1) is 5.92 Å². The number of aromatic nitrogens is 2. The molecule has 2 N–H and O–H groups in total. The van der Waals surface area contributed by atoms with Gasteiger partial charge < -0.3 is 15.4 Å². The van der Waals surface area contributed by atoms with Gasteiger partial charge in [-0.05, 0) is 23.6 Å². The topological polar surface area (TPSA) is 93.2 Å². The summed E-state index contributed by atoms with van der Waals surface area (Å²) in [5.41, 5.74) is 1.67. The summed E-state index contributed by atoms with van der Waals surface area (Å²) in [6.45, 7) is 4.06. The summed E-state index contributed by atoms with van der Waals surface area (Å²) in [7, 11) is 1.37. The lowest BCUT2D eigenvalue weighted by Gasteiger charge is -2.21. The number of methoxy groups -OCH3 is 1. The van der Waals surface area contributed by atoms with Crippen molar-refractivity contribution in [3.05, 3.63) is 66.0 Å². The monoisotopic (exact) mass is 406 g/mol. The smallest absolute Gasteiger partial charge is 0.328 e. The predicted molar refractivity (Wildman–Crippen MR) is 116 cm³/mol. The molecule has 1 amide bonds. The number of hydrogen-bond acceptors (Lipinski definition) is 6. The van der Waals surface area contributed by atoms with Gasteiger partial charge >= 0.3 is 5.97 Å². The Bertz CT molecular complexity index is 1020. The van der Waals surface area contributed by atoms with Crippen LogP contribution in [0.15, 0.2) is 54.6 Å². The van der Waals surface area contributed by atoms with Crippen LogP contribution in [0.3, 0.4) is 0 Å². The number of nitrogens with zero attached hydrogens (tertiary/aromatic N) is 2. The molecule has 0 fully saturated rings. The Morgan fingerprint density at radius 3 is 2.40 bits per heavy atom. The Balaban J connectivity index is 1.80. The van der Waals surface area contributed by atoms with E-state index in [2.05, 4.69) is 20.6 Å². The van der Waals surface area contributed by atoms with Gasteiger partial charge in [-0.1, -0.05) is 56.3 Å². The van der Waals surface area contributed by atoms with Gasteiger partial charge in [0.15, 0.2) is 5.82 Å². The molecule has 0 saturated heterocycles. The predicted octanol–water partition coefficient (Wildman–Crippen LogP) is 3.10. The summed E-state index contributed by atoms with van der Waals surface area (Å²) in [4.78, 5) is 33.6. The molecule has 0 spiro atoms. The fourth-order valence-corrected chi connectivity index (χ4v) is 3.11. The maximum atomic E-state index is 12.3. The van der Waals surface area contributed by atoms with E-state index in [1.807, 2.05) is 68.4 Å². The first kappa shape index (κ1) is 21.2. The number of carbonyl (C=O) groups excluding carboxylic acids is 2. The Morgan fingerprint density at radius 2 is 1.70 bits per heavy atom. The average Bonchev–Trinajstić information content (AvgIpc) is 2.75. The minimum atomic E-state index is -0.547. The molecule has 7 nitrogen and oxygen atoms in total. The van der Waals surface area contributed by atoms with Crippen molar-refractivity contribution in [3.8, 4) is 0 Å². The quantitative estimate of drug-likeness (QED) is 0.559. The lowest BCUT2D eigenvalue weighted by molar-refractivity contribution is -0.142. The molecule has 156 valence electrons. The van der Waals surface area contributed by atoms with Gasteiger partial charge in [-0.15, -0.1) is 0 Å². The number of nitrogens with one attached hydrogen (secondary N) is 2. The van der Waals surface area contributed by atoms with Gasteiger partial charge in [0.1, 0.15) is 11.9 Å². The molecule has 1 aromatic heterocycles. The molecule has 0 aliphatic rings. The first-order valence-corrected chi connectivity index (χ1v) is 9.88. The standard InChI is InChI=1S/C23H26N4O3/c1-15(2)21(23(29)30-3)27-22-17-11-7-8-12-18(17)25-19(26-22)14-24-20(28)13-16-9-5-4-6-10-16/h4-12,15,21H,13-14H2,1-3H3,(H,24,28)(H,25,26,27)/t21-/m0/s1. The second-order valence-corrected chi connectivity index (χ2v) is 7.33. The second-order valence-electron chi connectivity index (χ2n) is 7.33. The SMILES string of the molecule is COC(=O)[C@@H](Nc1nc(CNC(=O)Cc2ccccc2)nc2ccccc12)C(C)C. The number of esters is 1. The number of ether oxygens (including phenoxy) is 1. The van der Waals surface area contributed by atoms with Crippen LogP contribution in [0.4, 0.5) is 5.82 Å². The Kier molecular flexibility index (Phi) is 6.95. The van der Waals surface area contributed by atoms with E-state index in [9.17, 15) is 9.59 Å². The van der Waals surface area contributed by atoms with Gasteiger partial charge in [0.25, 0.3) is 0 Å². The maximum absolute atomic E-state index is 12.3. The molecule has 30 heavy (non-hydrogen) atoms. The van der Waals surface area contributed by atoms with Crippen LogP contribution >= 0.6 is 0 Å². The summed E-state index contributed by atoms with van der Waals surface area (Å²) < 4.78 is 4.92. The molecular weight excluding hydrogens is 380 g/mol. The van der Waals surface area contributed by atoms with Crippen LogP contribution in [0.2, 0.25) is 0 Å². The number of rotatable bonds is 8. The summed E-state index contributed by atoms with van der Waals surface area (Å²) in [5, 5.41) is 6.87. The van der Waals surface area contributed by atoms with Crippen LogP contribution < -0.4 is 10.6 Å². The van der Waals surface area contributed by atoms with Crippen LogP contribution in [-0.2, 0) is 27.3 Å². The summed E-state index contributed by atoms with van der Waals surface area (Å²) in [6.07, 6.45) is 0.289. The number of amides is 1. The highest BCUT2D eigenvalue weighted by atomic mass is 16.5. The van der Waals surface area contributed by atoms with Crippen LogP contribution in [0.25, 0.3) is 10.9 Å². The molecule has 2 aromatic carbocycles. The Hall–Kier alpha value is -3.48. The Morgan fingerprint density at radius 1 is 1.00 bits per heavy atom. The van der Waals surface area contributed by atoms with Gasteiger partial charge in [-0.3, -0.25) is 4.79 Å². The summed E-state index contributed by atoms with van der Waals surface area (Å²) >= 11 is 0. The number of anilines is 1. The van der Waals surface area contributed by atoms with Crippen LogP contribution in [-0.4, -0.2) is 35.0 Å². The van der Waals surface area contributed by atoms with Gasteiger partial charge in [0.2, 0.25) is 5.91 Å². The molecule has 0 saturated carbocycles. The molecule has 1 atom stereocenters. The van der Waals surface area contributed by atoms with E-state index in [1.165, 1.54) is 7.11 Å². The highest BCUT2D eigenvalue weighted by molar-refractivity contribution is 5.91. The number of carbonyl (C=O) groups is 2. The molecule has 0 unspecified atom stereocenters. The average molecular weight is 406 g/mol. The highest BCUT2D eigenvalue weighted by Crippen LogP contribution is 2.22. The zero-order valence-corrected chi connectivity index (χ0v) is 17.4. The molecular formula is C23H26N4O3. The molecule has 3 aromatic rings. The van der Waals surface area contributed by atoms with Crippen LogP contribution in [0.1, 0.15) is 25.2 Å². The summed E-state index contributed by atoms with van der Waals surface area (Å²) in [6, 6.07) is 16.5. The van der Waals surface area contributed by atoms with Crippen molar-refractivity contribution in [2.24, 2.45) is 5.92 Å². The number of para-hydroxylation sites is 1. The van der Waals surface area contributed by atoms with E-state index in [-0.39, 0.29) is 30.8 Å². The number of fused-ring (bicyclic) bond motifs is 1. The maximum Gasteiger partial charge on any atom is 0.328 e. The van der Waals surface area contributed by atoms with Gasteiger partial charge in [0.05, 0.1) is 25.6 Å². The molecule has 7 heteroatoms. The van der Waals surface area contributed by atoms with Gasteiger partial charge in [-0.25, -0.2) is 14.8 Å². The zero-order chi connectivity index (χ0) is 21.5. The van der Waals surface area contributed by atoms with E-state index >= 15 is 0 Å². The molecule has 0 radical (unpaired) electrons. The molecule has 0 bridgehead atoms. The zero-order valence-electron chi connectivity index (χ0n) is 17.4. The van der Waals surface area contributed by atoms with E-state index in [4.69, 9.17) is 4.74 Å². The third-order valence-corrected chi connectivity index (χ3v) is 4.71. The third-order valence-electron chi connectivity index (χ3n) is 4.71. The second kappa shape index (κ2) is 9.82. The third kappa shape index (κ3) is 5.31. The summed E-state index contributed by atoms with van der Waals surface area (Å²) in [5.74, 6) is 0.537. The van der Waals surface area contributed by atoms with E-state index in [0.717, 1.165) is 16.5 Å². The van der Waals surface area contributed by atoms with Crippen molar-refractivity contribution in [3.63, 3.8) is 0 Å². The van der Waals surface area contributed by atoms with Crippen molar-refractivity contribution < 1.29 is 14.3 Å². The minimum absolute atomic E-state index is 0.000188. The fraction of sp³-hybridized carbons (Fsp3) is 0.304. The first-order chi connectivity index (χ1) is 14.5. The lowest BCUT2D eigenvalue weighted by Crippen LogP contribution is -2.36. The highest BCUT2D eigenvalue weighted by Gasteiger charge is 2.24. The molecule has 3 rings (SSSR count). The van der Waals surface area contributed by atoms with Crippen molar-refractivity contribution >= 4 is 28.6 Å². The van der Waals surface area contributed by atoms with Crippen LogP contribution in [0.5, 0.6) is 0 Å². The first-order valence-electron chi connectivity index (χ1n) is 9.88. The van der Waals surface area contributed by atoms with Crippen molar-refractivity contribution in [1.82, 2.24) is 15.3 Å². The van der Waals surface area contributed by atoms with E-state index in [0.29, 0.717) is 11.6 Å². The number of benzene rings is 2. The van der Waals surface area contributed by atoms with Gasteiger partial charge in [0, 0.05) is 5.39 Å². The van der Waals surface area contributed by atoms with Crippen molar-refractivity contribution in [2.45, 2.75) is 32.9 Å². The van der Waals surface area contributed by atoms with Crippen molar-refractivity contribution in [2.75, 3.05) is 12.4 Å². The van der Waals surface area contributed by atoms with E-state index in [1.54, 1.807) is 0 Å².